The molecule has 0 aliphatic carbocycles. The third kappa shape index (κ3) is 5.04. The summed E-state index contributed by atoms with van der Waals surface area (Å²) < 4.78 is 11.0. The van der Waals surface area contributed by atoms with E-state index >= 15 is 0 Å². The summed E-state index contributed by atoms with van der Waals surface area (Å²) in [6, 6.07) is 10.6. The molecule has 136 valence electrons. The minimum Gasteiger partial charge on any atom is -0.494 e. The van der Waals surface area contributed by atoms with Gasteiger partial charge in [-0.1, -0.05) is 0 Å². The predicted octanol–water partition coefficient (Wildman–Crippen LogP) is 3.16. The minimum absolute atomic E-state index is 0.0826. The van der Waals surface area contributed by atoms with Crippen LogP contribution in [0.2, 0.25) is 0 Å². The lowest BCUT2D eigenvalue weighted by molar-refractivity contribution is -0.384. The molecule has 0 saturated carbocycles. The van der Waals surface area contributed by atoms with Gasteiger partial charge in [0.15, 0.2) is 0 Å². The van der Waals surface area contributed by atoms with E-state index in [1.54, 1.807) is 18.2 Å². The van der Waals surface area contributed by atoms with Gasteiger partial charge in [0.2, 0.25) is 0 Å². The Morgan fingerprint density at radius 3 is 2.46 bits per heavy atom. The molecular weight excluding hydrogens is 338 g/mol. The van der Waals surface area contributed by atoms with Gasteiger partial charge in [-0.2, -0.15) is 5.10 Å². The summed E-state index contributed by atoms with van der Waals surface area (Å²) in [5, 5.41) is 14.5. The fraction of sp³-hybridized carbons (Fsp3) is 0.222. The van der Waals surface area contributed by atoms with Crippen LogP contribution in [-0.4, -0.2) is 30.3 Å². The highest BCUT2D eigenvalue weighted by molar-refractivity contribution is 5.95. The Balaban J connectivity index is 2.06. The Hall–Kier alpha value is -3.42. The SMILES string of the molecule is CCOc1ccc(/C=N\NC(=O)c2ccc([N+](=O)[O-])cc2)c(OCC)c1. The van der Waals surface area contributed by atoms with E-state index in [1.165, 1.54) is 30.5 Å². The summed E-state index contributed by atoms with van der Waals surface area (Å²) >= 11 is 0. The Labute approximate surface area is 150 Å². The lowest BCUT2D eigenvalue weighted by Crippen LogP contribution is -2.17. The molecule has 0 aliphatic heterocycles. The quantitative estimate of drug-likeness (QED) is 0.444. The number of hydrogen-bond donors (Lipinski definition) is 1. The lowest BCUT2D eigenvalue weighted by Gasteiger charge is -2.10. The molecule has 8 heteroatoms. The molecule has 2 aromatic carbocycles. The second-order valence-corrected chi connectivity index (χ2v) is 5.07. The standard InChI is InChI=1S/C18H19N3O5/c1-3-25-16-10-7-14(17(11-16)26-4-2)12-19-20-18(22)13-5-8-15(9-6-13)21(23)24/h5-12H,3-4H2,1-2H3,(H,20,22)/b19-12-. The van der Waals surface area contributed by atoms with Gasteiger partial charge < -0.3 is 9.47 Å². The third-order valence-electron chi connectivity index (χ3n) is 3.31. The van der Waals surface area contributed by atoms with E-state index < -0.39 is 10.8 Å². The number of amides is 1. The average molecular weight is 357 g/mol. The monoisotopic (exact) mass is 357 g/mol. The number of rotatable bonds is 8. The van der Waals surface area contributed by atoms with Gasteiger partial charge in [0, 0.05) is 29.3 Å². The smallest absolute Gasteiger partial charge is 0.271 e. The molecule has 0 fully saturated rings. The van der Waals surface area contributed by atoms with Crippen LogP contribution >= 0.6 is 0 Å². The number of ether oxygens (including phenoxy) is 2. The van der Waals surface area contributed by atoms with Crippen molar-refractivity contribution in [3.8, 4) is 11.5 Å². The van der Waals surface area contributed by atoms with E-state index in [-0.39, 0.29) is 11.3 Å². The van der Waals surface area contributed by atoms with E-state index in [1.807, 2.05) is 13.8 Å². The van der Waals surface area contributed by atoms with Crippen molar-refractivity contribution in [2.45, 2.75) is 13.8 Å². The van der Waals surface area contributed by atoms with Gasteiger partial charge in [-0.15, -0.1) is 0 Å². The Morgan fingerprint density at radius 1 is 1.15 bits per heavy atom. The van der Waals surface area contributed by atoms with Crippen LogP contribution in [0.5, 0.6) is 11.5 Å². The van der Waals surface area contributed by atoms with Crippen molar-refractivity contribution < 1.29 is 19.2 Å². The maximum absolute atomic E-state index is 12.0. The number of non-ortho nitro benzene ring substituents is 1. The molecule has 0 saturated heterocycles. The molecular formula is C18H19N3O5. The van der Waals surface area contributed by atoms with Crippen molar-refractivity contribution in [1.29, 1.82) is 0 Å². The molecule has 26 heavy (non-hydrogen) atoms. The molecule has 2 aromatic rings. The first-order chi connectivity index (χ1) is 12.5. The molecule has 1 amide bonds. The van der Waals surface area contributed by atoms with Crippen molar-refractivity contribution >= 4 is 17.8 Å². The van der Waals surface area contributed by atoms with Gasteiger partial charge in [0.25, 0.3) is 11.6 Å². The van der Waals surface area contributed by atoms with Crippen LogP contribution in [0.3, 0.4) is 0 Å². The number of hydrogen-bond acceptors (Lipinski definition) is 6. The fourth-order valence-corrected chi connectivity index (χ4v) is 2.12. The van der Waals surface area contributed by atoms with Crippen molar-refractivity contribution in [3.63, 3.8) is 0 Å². The first-order valence-corrected chi connectivity index (χ1v) is 8.02. The molecule has 0 aromatic heterocycles. The molecule has 8 nitrogen and oxygen atoms in total. The number of benzene rings is 2. The number of carbonyl (C=O) groups is 1. The van der Waals surface area contributed by atoms with E-state index in [0.717, 1.165) is 0 Å². The molecule has 0 spiro atoms. The predicted molar refractivity (Wildman–Crippen MR) is 96.9 cm³/mol. The highest BCUT2D eigenvalue weighted by Crippen LogP contribution is 2.24. The maximum Gasteiger partial charge on any atom is 0.271 e. The molecule has 0 bridgehead atoms. The molecule has 0 atom stereocenters. The van der Waals surface area contributed by atoms with Crippen LogP contribution in [0.1, 0.15) is 29.8 Å². The van der Waals surface area contributed by atoms with Gasteiger partial charge in [-0.05, 0) is 38.1 Å². The first-order valence-electron chi connectivity index (χ1n) is 8.02. The third-order valence-corrected chi connectivity index (χ3v) is 3.31. The van der Waals surface area contributed by atoms with Crippen molar-refractivity contribution in [1.82, 2.24) is 5.43 Å². The number of nitrogens with zero attached hydrogens (tertiary/aromatic N) is 2. The highest BCUT2D eigenvalue weighted by atomic mass is 16.6. The number of carbonyl (C=O) groups excluding carboxylic acids is 1. The molecule has 2 rings (SSSR count). The van der Waals surface area contributed by atoms with Crippen LogP contribution in [0.15, 0.2) is 47.6 Å². The van der Waals surface area contributed by atoms with Crippen molar-refractivity contribution in [2.24, 2.45) is 5.10 Å². The number of nitro groups is 1. The zero-order chi connectivity index (χ0) is 18.9. The van der Waals surface area contributed by atoms with Gasteiger partial charge in [0.05, 0.1) is 24.4 Å². The summed E-state index contributed by atoms with van der Waals surface area (Å²) in [6.07, 6.45) is 1.46. The summed E-state index contributed by atoms with van der Waals surface area (Å²) in [5.74, 6) is 0.801. The Kier molecular flexibility index (Phi) is 6.67. The van der Waals surface area contributed by atoms with Gasteiger partial charge >= 0.3 is 0 Å². The van der Waals surface area contributed by atoms with Crippen molar-refractivity contribution in [2.75, 3.05) is 13.2 Å². The van der Waals surface area contributed by atoms with Gasteiger partial charge in [0.1, 0.15) is 11.5 Å². The second-order valence-electron chi connectivity index (χ2n) is 5.07. The second kappa shape index (κ2) is 9.16. The Morgan fingerprint density at radius 2 is 1.85 bits per heavy atom. The van der Waals surface area contributed by atoms with Crippen LogP contribution in [-0.2, 0) is 0 Å². The van der Waals surface area contributed by atoms with Crippen LogP contribution in [0.4, 0.5) is 5.69 Å². The average Bonchev–Trinajstić information content (AvgIpc) is 2.64. The van der Waals surface area contributed by atoms with Gasteiger partial charge in [-0.3, -0.25) is 14.9 Å². The summed E-state index contributed by atoms with van der Waals surface area (Å²) in [6.45, 7) is 4.78. The molecule has 0 unspecified atom stereocenters. The molecule has 0 heterocycles. The highest BCUT2D eigenvalue weighted by Gasteiger charge is 2.09. The zero-order valence-electron chi connectivity index (χ0n) is 14.5. The summed E-state index contributed by atoms with van der Waals surface area (Å²) in [7, 11) is 0. The van der Waals surface area contributed by atoms with E-state index in [0.29, 0.717) is 30.3 Å². The lowest BCUT2D eigenvalue weighted by atomic mass is 10.2. The van der Waals surface area contributed by atoms with Gasteiger partial charge in [-0.25, -0.2) is 5.43 Å². The number of nitro benzene ring substituents is 1. The van der Waals surface area contributed by atoms with E-state index in [9.17, 15) is 14.9 Å². The molecule has 0 aliphatic rings. The van der Waals surface area contributed by atoms with Crippen LogP contribution < -0.4 is 14.9 Å². The topological polar surface area (TPSA) is 103 Å². The van der Waals surface area contributed by atoms with Crippen molar-refractivity contribution in [3.05, 3.63) is 63.7 Å². The van der Waals surface area contributed by atoms with Crippen LogP contribution in [0.25, 0.3) is 0 Å². The molecule has 0 radical (unpaired) electrons. The largest absolute Gasteiger partial charge is 0.494 e. The first kappa shape index (κ1) is 18.9. The fourth-order valence-electron chi connectivity index (χ4n) is 2.12. The maximum atomic E-state index is 12.0. The number of hydrazone groups is 1. The molecule has 1 N–H and O–H groups in total. The normalized spacial score (nSPS) is 10.5. The zero-order valence-corrected chi connectivity index (χ0v) is 14.5. The summed E-state index contributed by atoms with van der Waals surface area (Å²) in [5.41, 5.74) is 3.24. The van der Waals surface area contributed by atoms with E-state index in [4.69, 9.17) is 9.47 Å². The Bertz CT molecular complexity index is 803. The van der Waals surface area contributed by atoms with Crippen LogP contribution in [0, 0.1) is 10.1 Å². The summed E-state index contributed by atoms with van der Waals surface area (Å²) in [4.78, 5) is 22.1. The number of nitrogens with one attached hydrogen (secondary N) is 1. The minimum atomic E-state index is -0.527. The van der Waals surface area contributed by atoms with E-state index in [2.05, 4.69) is 10.5 Å².